The van der Waals surface area contributed by atoms with Crippen molar-refractivity contribution in [2.24, 2.45) is 0 Å². The molecule has 0 aromatic heterocycles. The van der Waals surface area contributed by atoms with Gasteiger partial charge in [0.1, 0.15) is 5.75 Å². The van der Waals surface area contributed by atoms with E-state index in [-0.39, 0.29) is 12.5 Å². The summed E-state index contributed by atoms with van der Waals surface area (Å²) in [6.45, 7) is 2.60. The number of carbonyl (C=O) groups is 2. The molecule has 0 heterocycles. The van der Waals surface area contributed by atoms with Crippen molar-refractivity contribution in [3.8, 4) is 5.75 Å². The minimum absolute atomic E-state index is 0.259. The summed E-state index contributed by atoms with van der Waals surface area (Å²) in [4.78, 5) is 26.8. The van der Waals surface area contributed by atoms with Gasteiger partial charge in [-0.25, -0.2) is 4.79 Å². The molecule has 0 radical (unpaired) electrons. The summed E-state index contributed by atoms with van der Waals surface area (Å²) in [6, 6.07) is 15.4. The average molecular weight is 400 g/mol. The van der Waals surface area contributed by atoms with E-state index in [1.165, 1.54) is 15.9 Å². The van der Waals surface area contributed by atoms with Gasteiger partial charge in [-0.15, -0.1) is 11.8 Å². The molecular formula is C22H25NO4S. The number of benzene rings is 2. The molecule has 0 spiro atoms. The Morgan fingerprint density at radius 1 is 1.11 bits per heavy atom. The predicted molar refractivity (Wildman–Crippen MR) is 112 cm³/mol. The van der Waals surface area contributed by atoms with Crippen molar-refractivity contribution in [3.05, 3.63) is 65.7 Å². The van der Waals surface area contributed by atoms with Crippen molar-refractivity contribution in [2.75, 3.05) is 26.5 Å². The highest BCUT2D eigenvalue weighted by Crippen LogP contribution is 2.19. The summed E-state index contributed by atoms with van der Waals surface area (Å²) < 4.78 is 10.6. The molecule has 0 aliphatic rings. The third-order valence-electron chi connectivity index (χ3n) is 3.96. The Kier molecular flexibility index (Phi) is 8.62. The third-order valence-corrected chi connectivity index (χ3v) is 4.70. The Morgan fingerprint density at radius 2 is 1.82 bits per heavy atom. The molecule has 0 unspecified atom stereocenters. The highest BCUT2D eigenvalue weighted by molar-refractivity contribution is 7.98. The van der Waals surface area contributed by atoms with Gasteiger partial charge in [0, 0.05) is 30.1 Å². The van der Waals surface area contributed by atoms with E-state index in [0.717, 1.165) is 11.1 Å². The Labute approximate surface area is 170 Å². The number of carbonyl (C=O) groups excluding carboxylic acids is 2. The predicted octanol–water partition coefficient (Wildman–Crippen LogP) is 4.02. The largest absolute Gasteiger partial charge is 0.493 e. The Hall–Kier alpha value is -2.73. The molecule has 2 rings (SSSR count). The van der Waals surface area contributed by atoms with Crippen LogP contribution in [0.2, 0.25) is 0 Å². The minimum atomic E-state index is -0.572. The van der Waals surface area contributed by atoms with Crippen LogP contribution in [0.25, 0.3) is 6.08 Å². The van der Waals surface area contributed by atoms with Gasteiger partial charge in [-0.1, -0.05) is 30.3 Å². The van der Waals surface area contributed by atoms with Crippen LogP contribution in [-0.2, 0) is 20.9 Å². The molecular weight excluding hydrogens is 374 g/mol. The number of hydrogen-bond acceptors (Lipinski definition) is 5. The lowest BCUT2D eigenvalue weighted by Gasteiger charge is -2.17. The molecule has 0 atom stereocenters. The second-order valence-corrected chi connectivity index (χ2v) is 6.89. The quantitative estimate of drug-likeness (QED) is 0.362. The standard InChI is InChI=1S/C22H25NO4S/c1-4-26-20-8-6-5-7-18(20)11-14-22(25)27-16-21(24)23(2)15-17-9-12-19(28-3)13-10-17/h5-14H,4,15-16H2,1-3H3/b14-11+. The van der Waals surface area contributed by atoms with E-state index in [4.69, 9.17) is 9.47 Å². The second kappa shape index (κ2) is 11.2. The van der Waals surface area contributed by atoms with E-state index in [2.05, 4.69) is 0 Å². The van der Waals surface area contributed by atoms with Gasteiger partial charge in [0.2, 0.25) is 0 Å². The number of esters is 1. The molecule has 0 aliphatic carbocycles. The first-order valence-corrected chi connectivity index (χ1v) is 10.2. The number of ether oxygens (including phenoxy) is 2. The molecule has 2 aromatic rings. The van der Waals surface area contributed by atoms with Crippen LogP contribution in [0.5, 0.6) is 5.75 Å². The van der Waals surface area contributed by atoms with E-state index in [1.54, 1.807) is 24.9 Å². The van der Waals surface area contributed by atoms with Gasteiger partial charge < -0.3 is 14.4 Å². The number of amides is 1. The summed E-state index contributed by atoms with van der Waals surface area (Å²) in [5.41, 5.74) is 1.80. The number of hydrogen-bond donors (Lipinski definition) is 0. The van der Waals surface area contributed by atoms with Gasteiger partial charge in [-0.2, -0.15) is 0 Å². The van der Waals surface area contributed by atoms with E-state index < -0.39 is 5.97 Å². The molecule has 0 saturated carbocycles. The number of rotatable bonds is 9. The smallest absolute Gasteiger partial charge is 0.331 e. The summed E-state index contributed by atoms with van der Waals surface area (Å²) in [5, 5.41) is 0. The first-order chi connectivity index (χ1) is 13.5. The van der Waals surface area contributed by atoms with Crippen LogP contribution in [0.1, 0.15) is 18.1 Å². The molecule has 148 valence electrons. The minimum Gasteiger partial charge on any atom is -0.493 e. The molecule has 5 nitrogen and oxygen atoms in total. The highest BCUT2D eigenvalue weighted by atomic mass is 32.2. The van der Waals surface area contributed by atoms with Crippen LogP contribution in [0.15, 0.2) is 59.5 Å². The molecule has 1 amide bonds. The molecule has 0 N–H and O–H groups in total. The van der Waals surface area contributed by atoms with Crippen LogP contribution in [0.4, 0.5) is 0 Å². The van der Waals surface area contributed by atoms with Crippen LogP contribution in [0.3, 0.4) is 0 Å². The van der Waals surface area contributed by atoms with Gasteiger partial charge in [0.05, 0.1) is 6.61 Å². The Balaban J connectivity index is 1.83. The lowest BCUT2D eigenvalue weighted by atomic mass is 10.2. The van der Waals surface area contributed by atoms with Gasteiger partial charge in [-0.05, 0) is 43.0 Å². The highest BCUT2D eigenvalue weighted by Gasteiger charge is 2.11. The lowest BCUT2D eigenvalue weighted by Crippen LogP contribution is -2.30. The fraction of sp³-hybridized carbons (Fsp3) is 0.273. The molecule has 0 saturated heterocycles. The maximum atomic E-state index is 12.2. The first kappa shape index (κ1) is 21.6. The molecule has 0 bridgehead atoms. The zero-order valence-corrected chi connectivity index (χ0v) is 17.2. The number of para-hydroxylation sites is 1. The number of nitrogens with zero attached hydrogens (tertiary/aromatic N) is 1. The Morgan fingerprint density at radius 3 is 2.50 bits per heavy atom. The molecule has 6 heteroatoms. The van der Waals surface area contributed by atoms with Crippen LogP contribution in [0, 0.1) is 0 Å². The zero-order valence-electron chi connectivity index (χ0n) is 16.4. The van der Waals surface area contributed by atoms with Crippen molar-refractivity contribution >= 4 is 29.7 Å². The van der Waals surface area contributed by atoms with Crippen molar-refractivity contribution in [3.63, 3.8) is 0 Å². The van der Waals surface area contributed by atoms with E-state index in [9.17, 15) is 9.59 Å². The van der Waals surface area contributed by atoms with Crippen molar-refractivity contribution in [2.45, 2.75) is 18.4 Å². The fourth-order valence-electron chi connectivity index (χ4n) is 2.45. The number of thioether (sulfide) groups is 1. The summed E-state index contributed by atoms with van der Waals surface area (Å²) in [7, 11) is 1.69. The first-order valence-electron chi connectivity index (χ1n) is 8.97. The fourth-order valence-corrected chi connectivity index (χ4v) is 2.86. The maximum Gasteiger partial charge on any atom is 0.331 e. The molecule has 2 aromatic carbocycles. The van der Waals surface area contributed by atoms with Crippen LogP contribution >= 0.6 is 11.8 Å². The van der Waals surface area contributed by atoms with Crippen molar-refractivity contribution in [1.82, 2.24) is 4.90 Å². The van der Waals surface area contributed by atoms with E-state index in [1.807, 2.05) is 61.7 Å². The molecule has 0 aliphatic heterocycles. The van der Waals surface area contributed by atoms with Crippen molar-refractivity contribution in [1.29, 1.82) is 0 Å². The van der Waals surface area contributed by atoms with Crippen LogP contribution < -0.4 is 4.74 Å². The molecule has 28 heavy (non-hydrogen) atoms. The van der Waals surface area contributed by atoms with Crippen LogP contribution in [-0.4, -0.2) is 43.3 Å². The van der Waals surface area contributed by atoms with E-state index in [0.29, 0.717) is 18.9 Å². The third kappa shape index (κ3) is 6.78. The molecule has 0 fully saturated rings. The van der Waals surface area contributed by atoms with Gasteiger partial charge in [0.15, 0.2) is 6.61 Å². The summed E-state index contributed by atoms with van der Waals surface area (Å²) in [5.74, 6) is -0.139. The maximum absolute atomic E-state index is 12.2. The lowest BCUT2D eigenvalue weighted by molar-refractivity contribution is -0.147. The van der Waals surface area contributed by atoms with Gasteiger partial charge in [0.25, 0.3) is 5.91 Å². The van der Waals surface area contributed by atoms with E-state index >= 15 is 0 Å². The van der Waals surface area contributed by atoms with Gasteiger partial charge >= 0.3 is 5.97 Å². The SMILES string of the molecule is CCOc1ccccc1/C=C/C(=O)OCC(=O)N(C)Cc1ccc(SC)cc1. The number of likely N-dealkylation sites (N-methyl/N-ethyl adjacent to an activating group) is 1. The van der Waals surface area contributed by atoms with Crippen molar-refractivity contribution < 1.29 is 19.1 Å². The average Bonchev–Trinajstić information content (AvgIpc) is 2.72. The summed E-state index contributed by atoms with van der Waals surface area (Å²) in [6.07, 6.45) is 4.93. The second-order valence-electron chi connectivity index (χ2n) is 6.01. The normalized spacial score (nSPS) is 10.7. The topological polar surface area (TPSA) is 55.8 Å². The zero-order chi connectivity index (χ0) is 20.4. The Bertz CT molecular complexity index is 818. The van der Waals surface area contributed by atoms with Gasteiger partial charge in [-0.3, -0.25) is 4.79 Å². The monoisotopic (exact) mass is 399 g/mol. The summed E-state index contributed by atoms with van der Waals surface area (Å²) >= 11 is 1.67.